The first kappa shape index (κ1) is 19.2. The fraction of sp³-hybridized carbons (Fsp3) is 0.611. The van der Waals surface area contributed by atoms with Crippen molar-refractivity contribution in [3.05, 3.63) is 29.1 Å². The molecule has 1 heterocycles. The molecule has 0 atom stereocenters. The Morgan fingerprint density at radius 2 is 2.12 bits per heavy atom. The van der Waals surface area contributed by atoms with Gasteiger partial charge in [-0.3, -0.25) is 4.79 Å². The van der Waals surface area contributed by atoms with Gasteiger partial charge in [0, 0.05) is 20.3 Å². The van der Waals surface area contributed by atoms with Crippen LogP contribution in [0.3, 0.4) is 0 Å². The average Bonchev–Trinajstić information content (AvgIpc) is 3.06. The molecule has 6 heteroatoms. The van der Waals surface area contributed by atoms with E-state index in [0.29, 0.717) is 31.7 Å². The minimum Gasteiger partial charge on any atom is -0.385 e. The monoisotopic (exact) mass is 356 g/mol. The van der Waals surface area contributed by atoms with E-state index >= 15 is 0 Å². The number of hydrogen-bond acceptors (Lipinski definition) is 3. The number of benzene rings is 1. The summed E-state index contributed by atoms with van der Waals surface area (Å²) in [6.07, 6.45) is 5.19. The molecule has 0 saturated heterocycles. The molecule has 134 valence electrons. The molecule has 1 aliphatic carbocycles. The van der Waals surface area contributed by atoms with Crippen molar-refractivity contribution < 1.29 is 13.9 Å². The van der Waals surface area contributed by atoms with Gasteiger partial charge < -0.3 is 15.4 Å². The molecule has 1 aliphatic heterocycles. The Balaban J connectivity index is 0.00000208. The first-order chi connectivity index (χ1) is 11.2. The minimum atomic E-state index is -0.403. The molecule has 2 N–H and O–H groups in total. The Labute approximate surface area is 148 Å². The topological polar surface area (TPSA) is 50.4 Å². The number of amides is 1. The van der Waals surface area contributed by atoms with Crippen LogP contribution in [-0.2, 0) is 22.5 Å². The number of fused-ring (bicyclic) bond motifs is 1. The van der Waals surface area contributed by atoms with E-state index in [1.54, 1.807) is 13.2 Å². The third-order valence-electron chi connectivity index (χ3n) is 5.28. The second-order valence-electron chi connectivity index (χ2n) is 6.68. The summed E-state index contributed by atoms with van der Waals surface area (Å²) >= 11 is 0. The van der Waals surface area contributed by atoms with E-state index in [9.17, 15) is 9.18 Å². The van der Waals surface area contributed by atoms with Crippen molar-refractivity contribution in [3.63, 3.8) is 0 Å². The van der Waals surface area contributed by atoms with E-state index in [2.05, 4.69) is 10.6 Å². The summed E-state index contributed by atoms with van der Waals surface area (Å²) in [7, 11) is 1.65. The molecule has 4 nitrogen and oxygen atoms in total. The van der Waals surface area contributed by atoms with Gasteiger partial charge in [0.15, 0.2) is 0 Å². The van der Waals surface area contributed by atoms with Crippen LogP contribution < -0.4 is 10.6 Å². The quantitative estimate of drug-likeness (QED) is 0.849. The van der Waals surface area contributed by atoms with Gasteiger partial charge in [0.1, 0.15) is 5.82 Å². The summed E-state index contributed by atoms with van der Waals surface area (Å²) in [6.45, 7) is 2.03. The highest BCUT2D eigenvalue weighted by Crippen LogP contribution is 2.42. The SMILES string of the molecule is COCCC1(C(=O)Nc2ccc3c(c2F)CCNC3)CCCC1.Cl. The lowest BCUT2D eigenvalue weighted by Gasteiger charge is -2.28. The second kappa shape index (κ2) is 8.28. The highest BCUT2D eigenvalue weighted by molar-refractivity contribution is 5.95. The largest absolute Gasteiger partial charge is 0.385 e. The van der Waals surface area contributed by atoms with Crippen molar-refractivity contribution in [2.75, 3.05) is 25.6 Å². The Hall–Kier alpha value is -1.17. The predicted octanol–water partition coefficient (Wildman–Crippen LogP) is 3.43. The molecule has 1 amide bonds. The number of nitrogens with one attached hydrogen (secondary N) is 2. The van der Waals surface area contributed by atoms with Crippen molar-refractivity contribution in [2.45, 2.75) is 45.1 Å². The first-order valence-electron chi connectivity index (χ1n) is 8.48. The third-order valence-corrected chi connectivity index (χ3v) is 5.28. The van der Waals surface area contributed by atoms with Crippen molar-refractivity contribution >= 4 is 24.0 Å². The lowest BCUT2D eigenvalue weighted by atomic mass is 9.82. The van der Waals surface area contributed by atoms with Gasteiger partial charge in [0.05, 0.1) is 11.1 Å². The van der Waals surface area contributed by atoms with Crippen molar-refractivity contribution in [2.24, 2.45) is 5.41 Å². The van der Waals surface area contributed by atoms with Crippen LogP contribution in [0.25, 0.3) is 0 Å². The van der Waals surface area contributed by atoms with Gasteiger partial charge in [-0.15, -0.1) is 12.4 Å². The number of anilines is 1. The zero-order chi connectivity index (χ0) is 16.3. The molecule has 0 spiro atoms. The average molecular weight is 357 g/mol. The van der Waals surface area contributed by atoms with E-state index in [-0.39, 0.29) is 24.1 Å². The van der Waals surface area contributed by atoms with Gasteiger partial charge in [-0.25, -0.2) is 4.39 Å². The van der Waals surface area contributed by atoms with E-state index in [0.717, 1.165) is 43.4 Å². The highest BCUT2D eigenvalue weighted by atomic mass is 35.5. The van der Waals surface area contributed by atoms with Gasteiger partial charge in [0.2, 0.25) is 5.91 Å². The molecule has 2 aliphatic rings. The van der Waals surface area contributed by atoms with E-state index in [1.165, 1.54) is 0 Å². The normalized spacial score (nSPS) is 18.6. The lowest BCUT2D eigenvalue weighted by molar-refractivity contribution is -0.126. The van der Waals surface area contributed by atoms with Gasteiger partial charge >= 0.3 is 0 Å². The third kappa shape index (κ3) is 3.73. The van der Waals surface area contributed by atoms with Crippen LogP contribution in [0.4, 0.5) is 10.1 Å². The van der Waals surface area contributed by atoms with Crippen molar-refractivity contribution in [1.82, 2.24) is 5.32 Å². The molecule has 1 aromatic rings. The Kier molecular flexibility index (Phi) is 6.61. The van der Waals surface area contributed by atoms with Crippen molar-refractivity contribution in [1.29, 1.82) is 0 Å². The summed E-state index contributed by atoms with van der Waals surface area (Å²) < 4.78 is 19.9. The summed E-state index contributed by atoms with van der Waals surface area (Å²) in [5, 5.41) is 6.10. The maximum absolute atomic E-state index is 14.7. The number of rotatable bonds is 5. The molecule has 1 fully saturated rings. The zero-order valence-electron chi connectivity index (χ0n) is 14.1. The van der Waals surface area contributed by atoms with Gasteiger partial charge in [-0.05, 0) is 49.4 Å². The van der Waals surface area contributed by atoms with Crippen LogP contribution in [0.2, 0.25) is 0 Å². The fourth-order valence-corrected chi connectivity index (χ4v) is 3.82. The molecular formula is C18H26ClFN2O2. The smallest absolute Gasteiger partial charge is 0.230 e. The molecular weight excluding hydrogens is 331 g/mol. The Bertz CT molecular complexity index is 589. The molecule has 3 rings (SSSR count). The number of ether oxygens (including phenoxy) is 1. The standard InChI is InChI=1S/C18H25FN2O2.ClH/c1-23-11-9-18(7-2-3-8-18)17(22)21-15-5-4-13-12-20-10-6-14(13)16(15)19;/h4-5,20H,2-3,6-12H2,1H3,(H,21,22);1H. The molecule has 0 aromatic heterocycles. The molecule has 24 heavy (non-hydrogen) atoms. The van der Waals surface area contributed by atoms with Gasteiger partial charge in [-0.2, -0.15) is 0 Å². The Morgan fingerprint density at radius 3 is 2.83 bits per heavy atom. The number of hydrogen-bond donors (Lipinski definition) is 2. The van der Waals surface area contributed by atoms with Crippen molar-refractivity contribution in [3.8, 4) is 0 Å². The number of carbonyl (C=O) groups is 1. The number of carbonyl (C=O) groups excluding carboxylic acids is 1. The fourth-order valence-electron chi connectivity index (χ4n) is 3.82. The highest BCUT2D eigenvalue weighted by Gasteiger charge is 2.41. The number of halogens is 2. The Morgan fingerprint density at radius 1 is 1.38 bits per heavy atom. The van der Waals surface area contributed by atoms with Crippen LogP contribution in [-0.4, -0.2) is 26.2 Å². The molecule has 1 aromatic carbocycles. The molecule has 0 unspecified atom stereocenters. The summed E-state index contributed by atoms with van der Waals surface area (Å²) in [6, 6.07) is 3.61. The molecule has 0 bridgehead atoms. The first-order valence-corrected chi connectivity index (χ1v) is 8.48. The van der Waals surface area contributed by atoms with E-state index in [4.69, 9.17) is 4.74 Å². The number of methoxy groups -OCH3 is 1. The maximum atomic E-state index is 14.7. The minimum absolute atomic E-state index is 0. The van der Waals surface area contributed by atoms with E-state index < -0.39 is 5.41 Å². The van der Waals surface area contributed by atoms with Crippen LogP contribution >= 0.6 is 12.4 Å². The second-order valence-corrected chi connectivity index (χ2v) is 6.68. The predicted molar refractivity (Wildman–Crippen MR) is 95.1 cm³/mol. The summed E-state index contributed by atoms with van der Waals surface area (Å²) in [5.41, 5.74) is 1.64. The maximum Gasteiger partial charge on any atom is 0.230 e. The van der Waals surface area contributed by atoms with Crippen LogP contribution in [0, 0.1) is 11.2 Å². The van der Waals surface area contributed by atoms with E-state index in [1.807, 2.05) is 6.07 Å². The summed E-state index contributed by atoms with van der Waals surface area (Å²) in [4.78, 5) is 12.8. The molecule has 1 saturated carbocycles. The van der Waals surface area contributed by atoms with Crippen LogP contribution in [0.15, 0.2) is 12.1 Å². The van der Waals surface area contributed by atoms with Gasteiger partial charge in [-0.1, -0.05) is 18.9 Å². The molecule has 0 radical (unpaired) electrons. The van der Waals surface area contributed by atoms with Gasteiger partial charge in [0.25, 0.3) is 0 Å². The van der Waals surface area contributed by atoms with Crippen LogP contribution in [0.5, 0.6) is 0 Å². The zero-order valence-corrected chi connectivity index (χ0v) is 14.9. The summed E-state index contributed by atoms with van der Waals surface area (Å²) in [5.74, 6) is -0.322. The lowest BCUT2D eigenvalue weighted by Crippen LogP contribution is -2.35. The van der Waals surface area contributed by atoms with Crippen LogP contribution in [0.1, 0.15) is 43.2 Å².